The number of hydrogen-bond donors (Lipinski definition) is 2. The van der Waals surface area contributed by atoms with Crippen LogP contribution in [0.4, 0.5) is 21.5 Å². The van der Waals surface area contributed by atoms with Crippen molar-refractivity contribution in [1.82, 2.24) is 0 Å². The van der Waals surface area contributed by atoms with Crippen LogP contribution >= 0.6 is 15.9 Å². The SMILES string of the molecule is CS(=O)(=O)Nc1cc(Br)cc2c1NCN2Cc1cccc(F)c1. The molecule has 0 aliphatic carbocycles. The molecule has 2 aromatic rings. The maximum atomic E-state index is 13.3. The fourth-order valence-electron chi connectivity index (χ4n) is 2.56. The summed E-state index contributed by atoms with van der Waals surface area (Å²) in [4.78, 5) is 2.02. The van der Waals surface area contributed by atoms with Crippen LogP contribution < -0.4 is 14.9 Å². The molecule has 0 fully saturated rings. The van der Waals surface area contributed by atoms with Crippen molar-refractivity contribution >= 4 is 43.0 Å². The molecule has 1 aliphatic rings. The zero-order chi connectivity index (χ0) is 16.6. The quantitative estimate of drug-likeness (QED) is 0.827. The molecule has 3 rings (SSSR count). The average molecular weight is 400 g/mol. The molecule has 2 N–H and O–H groups in total. The fourth-order valence-corrected chi connectivity index (χ4v) is 3.57. The molecule has 23 heavy (non-hydrogen) atoms. The molecule has 0 aromatic heterocycles. The van der Waals surface area contributed by atoms with Crippen molar-refractivity contribution in [2.45, 2.75) is 6.54 Å². The molecular formula is C15H15BrFN3O2S. The van der Waals surface area contributed by atoms with Crippen LogP contribution in [0, 0.1) is 5.82 Å². The molecule has 0 saturated carbocycles. The van der Waals surface area contributed by atoms with Gasteiger partial charge in [0.2, 0.25) is 10.0 Å². The molecule has 5 nitrogen and oxygen atoms in total. The van der Waals surface area contributed by atoms with Crippen molar-refractivity contribution in [3.8, 4) is 0 Å². The lowest BCUT2D eigenvalue weighted by Crippen LogP contribution is -2.22. The number of hydrogen-bond acceptors (Lipinski definition) is 4. The Kier molecular flexibility index (Phi) is 4.20. The highest BCUT2D eigenvalue weighted by Gasteiger charge is 2.23. The summed E-state index contributed by atoms with van der Waals surface area (Å²) in [6.07, 6.45) is 1.11. The number of nitrogens with zero attached hydrogens (tertiary/aromatic N) is 1. The fraction of sp³-hybridized carbons (Fsp3) is 0.200. The lowest BCUT2D eigenvalue weighted by molar-refractivity contribution is 0.607. The van der Waals surface area contributed by atoms with Crippen LogP contribution in [0.2, 0.25) is 0 Å². The van der Waals surface area contributed by atoms with E-state index in [4.69, 9.17) is 0 Å². The summed E-state index contributed by atoms with van der Waals surface area (Å²) in [5, 5.41) is 3.19. The van der Waals surface area contributed by atoms with Crippen LogP contribution in [-0.4, -0.2) is 21.3 Å². The highest BCUT2D eigenvalue weighted by atomic mass is 79.9. The zero-order valence-corrected chi connectivity index (χ0v) is 14.7. The van der Waals surface area contributed by atoms with Gasteiger partial charge in [-0.2, -0.15) is 0 Å². The van der Waals surface area contributed by atoms with Gasteiger partial charge in [-0.1, -0.05) is 28.1 Å². The molecule has 0 unspecified atom stereocenters. The first-order chi connectivity index (χ1) is 10.8. The van der Waals surface area contributed by atoms with Gasteiger partial charge in [0, 0.05) is 11.0 Å². The lowest BCUT2D eigenvalue weighted by Gasteiger charge is -2.19. The van der Waals surface area contributed by atoms with Crippen LogP contribution in [0.3, 0.4) is 0 Å². The van der Waals surface area contributed by atoms with Gasteiger partial charge in [-0.3, -0.25) is 4.72 Å². The van der Waals surface area contributed by atoms with E-state index in [-0.39, 0.29) is 5.82 Å². The van der Waals surface area contributed by atoms with Crippen molar-refractivity contribution in [3.05, 3.63) is 52.3 Å². The number of benzene rings is 2. The van der Waals surface area contributed by atoms with E-state index in [1.54, 1.807) is 12.1 Å². The summed E-state index contributed by atoms with van der Waals surface area (Å²) in [5.41, 5.74) is 2.90. The Balaban J connectivity index is 1.93. The maximum Gasteiger partial charge on any atom is 0.229 e. The number of halogens is 2. The molecule has 0 spiro atoms. The van der Waals surface area contributed by atoms with Gasteiger partial charge in [0.1, 0.15) is 5.82 Å². The Morgan fingerprint density at radius 2 is 2.13 bits per heavy atom. The second-order valence-corrected chi connectivity index (χ2v) is 8.05. The second kappa shape index (κ2) is 6.01. The molecule has 2 aromatic carbocycles. The molecule has 1 heterocycles. The predicted molar refractivity (Wildman–Crippen MR) is 93.7 cm³/mol. The second-order valence-electron chi connectivity index (χ2n) is 5.38. The van der Waals surface area contributed by atoms with Crippen LogP contribution in [-0.2, 0) is 16.6 Å². The Hall–Kier alpha value is -1.80. The first kappa shape index (κ1) is 16.1. The van der Waals surface area contributed by atoms with Crippen LogP contribution in [0.5, 0.6) is 0 Å². The molecule has 0 saturated heterocycles. The van der Waals surface area contributed by atoms with E-state index in [0.29, 0.717) is 18.9 Å². The van der Waals surface area contributed by atoms with Crippen molar-refractivity contribution in [3.63, 3.8) is 0 Å². The van der Waals surface area contributed by atoms with E-state index in [0.717, 1.165) is 27.7 Å². The van der Waals surface area contributed by atoms with Gasteiger partial charge in [-0.15, -0.1) is 0 Å². The number of fused-ring (bicyclic) bond motifs is 1. The Bertz CT molecular complexity index is 858. The third kappa shape index (κ3) is 3.76. The molecule has 122 valence electrons. The van der Waals surface area contributed by atoms with E-state index in [9.17, 15) is 12.8 Å². The van der Waals surface area contributed by atoms with Gasteiger partial charge in [-0.25, -0.2) is 12.8 Å². The smallest absolute Gasteiger partial charge is 0.229 e. The van der Waals surface area contributed by atoms with E-state index >= 15 is 0 Å². The van der Waals surface area contributed by atoms with Gasteiger partial charge < -0.3 is 10.2 Å². The summed E-state index contributed by atoms with van der Waals surface area (Å²) < 4.78 is 39.6. The van der Waals surface area contributed by atoms with Crippen molar-refractivity contribution in [2.24, 2.45) is 0 Å². The summed E-state index contributed by atoms with van der Waals surface area (Å²) in [5.74, 6) is -0.274. The first-order valence-electron chi connectivity index (χ1n) is 6.86. The standard InChI is InChI=1S/C15H15BrFN3O2S/c1-23(21,22)19-13-6-11(16)7-14-15(13)18-9-20(14)8-10-3-2-4-12(17)5-10/h2-7,18-19H,8-9H2,1H3. The number of nitrogens with one attached hydrogen (secondary N) is 2. The van der Waals surface area contributed by atoms with Crippen LogP contribution in [0.1, 0.15) is 5.56 Å². The number of sulfonamides is 1. The average Bonchev–Trinajstić information content (AvgIpc) is 2.80. The third-order valence-electron chi connectivity index (χ3n) is 3.43. The molecule has 0 amide bonds. The number of rotatable bonds is 4. The largest absolute Gasteiger partial charge is 0.364 e. The minimum atomic E-state index is -3.38. The summed E-state index contributed by atoms with van der Waals surface area (Å²) in [6, 6.07) is 10.0. The van der Waals surface area contributed by atoms with Gasteiger partial charge in [-0.05, 0) is 29.8 Å². The van der Waals surface area contributed by atoms with Gasteiger partial charge in [0.15, 0.2) is 0 Å². The van der Waals surface area contributed by atoms with E-state index in [1.165, 1.54) is 12.1 Å². The van der Waals surface area contributed by atoms with Crippen LogP contribution in [0.15, 0.2) is 40.9 Å². The molecule has 0 atom stereocenters. The number of anilines is 3. The van der Waals surface area contributed by atoms with E-state index in [1.807, 2.05) is 17.0 Å². The lowest BCUT2D eigenvalue weighted by atomic mass is 10.2. The van der Waals surface area contributed by atoms with Gasteiger partial charge >= 0.3 is 0 Å². The third-order valence-corrected chi connectivity index (χ3v) is 4.48. The predicted octanol–water partition coefficient (Wildman–Crippen LogP) is 3.35. The monoisotopic (exact) mass is 399 g/mol. The van der Waals surface area contributed by atoms with Crippen molar-refractivity contribution in [2.75, 3.05) is 27.9 Å². The molecule has 8 heteroatoms. The topological polar surface area (TPSA) is 61.4 Å². The highest BCUT2D eigenvalue weighted by Crippen LogP contribution is 2.41. The minimum Gasteiger partial charge on any atom is -0.364 e. The molecular weight excluding hydrogens is 385 g/mol. The van der Waals surface area contributed by atoms with Crippen molar-refractivity contribution in [1.29, 1.82) is 0 Å². The zero-order valence-electron chi connectivity index (χ0n) is 12.3. The minimum absolute atomic E-state index is 0.274. The summed E-state index contributed by atoms with van der Waals surface area (Å²) in [6.45, 7) is 1.03. The van der Waals surface area contributed by atoms with Crippen LogP contribution in [0.25, 0.3) is 0 Å². The van der Waals surface area contributed by atoms with E-state index < -0.39 is 10.0 Å². The highest BCUT2D eigenvalue weighted by molar-refractivity contribution is 9.10. The molecule has 1 aliphatic heterocycles. The van der Waals surface area contributed by atoms with Gasteiger partial charge in [0.05, 0.1) is 30.0 Å². The normalized spacial score (nSPS) is 13.6. The summed E-state index contributed by atoms with van der Waals surface area (Å²) >= 11 is 3.40. The van der Waals surface area contributed by atoms with Gasteiger partial charge in [0.25, 0.3) is 0 Å². The van der Waals surface area contributed by atoms with Crippen molar-refractivity contribution < 1.29 is 12.8 Å². The maximum absolute atomic E-state index is 13.3. The first-order valence-corrected chi connectivity index (χ1v) is 9.55. The molecule has 0 radical (unpaired) electrons. The summed E-state index contributed by atoms with van der Waals surface area (Å²) in [7, 11) is -3.38. The van der Waals surface area contributed by atoms with E-state index in [2.05, 4.69) is 26.0 Å². The Labute approximate surface area is 142 Å². The Morgan fingerprint density at radius 3 is 2.83 bits per heavy atom. The molecule has 0 bridgehead atoms. The Morgan fingerprint density at radius 1 is 1.35 bits per heavy atom.